The molecule has 3 aromatic rings. The van der Waals surface area contributed by atoms with Crippen LogP contribution in [0.15, 0.2) is 69.6 Å². The molecule has 1 atom stereocenters. The molecule has 3 rings (SSSR count). The second-order valence-electron chi connectivity index (χ2n) is 6.48. The highest BCUT2D eigenvalue weighted by molar-refractivity contribution is 9.10. The lowest BCUT2D eigenvalue weighted by molar-refractivity contribution is -0.118. The van der Waals surface area contributed by atoms with Crippen molar-refractivity contribution in [1.29, 1.82) is 0 Å². The van der Waals surface area contributed by atoms with Gasteiger partial charge in [0.25, 0.3) is 11.8 Å². The summed E-state index contributed by atoms with van der Waals surface area (Å²) < 4.78 is 12.1. The Balaban J connectivity index is 1.61. The molecule has 0 spiro atoms. The van der Waals surface area contributed by atoms with Crippen LogP contribution in [0.4, 0.5) is 5.69 Å². The number of amides is 2. The van der Waals surface area contributed by atoms with Crippen molar-refractivity contribution in [3.63, 3.8) is 0 Å². The Morgan fingerprint density at radius 1 is 1.07 bits per heavy atom. The van der Waals surface area contributed by atoms with E-state index in [9.17, 15) is 9.59 Å². The van der Waals surface area contributed by atoms with E-state index in [0.29, 0.717) is 22.8 Å². The van der Waals surface area contributed by atoms with Gasteiger partial charge in [-0.05, 0) is 62.4 Å². The minimum Gasteiger partial charge on any atom is -0.483 e. The van der Waals surface area contributed by atoms with Gasteiger partial charge in [-0.15, -0.1) is 0 Å². The Labute approximate surface area is 177 Å². The molecule has 2 aromatic carbocycles. The quantitative estimate of drug-likeness (QED) is 0.531. The van der Waals surface area contributed by atoms with Crippen LogP contribution in [0.25, 0.3) is 0 Å². The van der Waals surface area contributed by atoms with Crippen LogP contribution in [0.5, 0.6) is 5.75 Å². The van der Waals surface area contributed by atoms with Crippen molar-refractivity contribution in [3.05, 3.63) is 82.2 Å². The van der Waals surface area contributed by atoms with Crippen LogP contribution in [-0.2, 0) is 4.79 Å². The maximum atomic E-state index is 12.7. The predicted molar refractivity (Wildman–Crippen MR) is 114 cm³/mol. The Morgan fingerprint density at radius 3 is 2.48 bits per heavy atom. The number of hydrogen-bond acceptors (Lipinski definition) is 4. The molecule has 0 aliphatic rings. The molecule has 29 heavy (non-hydrogen) atoms. The number of rotatable bonds is 7. The number of aryl methyl sites for hydroxylation is 1. The van der Waals surface area contributed by atoms with Gasteiger partial charge in [0, 0.05) is 10.2 Å². The molecule has 2 N–H and O–H groups in total. The fourth-order valence-electron chi connectivity index (χ4n) is 2.69. The lowest BCUT2D eigenvalue weighted by atomic mass is 10.1. The molecule has 1 heterocycles. The highest BCUT2D eigenvalue weighted by Crippen LogP contribution is 2.21. The van der Waals surface area contributed by atoms with Gasteiger partial charge in [-0.3, -0.25) is 9.59 Å². The van der Waals surface area contributed by atoms with E-state index < -0.39 is 0 Å². The highest BCUT2D eigenvalue weighted by atomic mass is 79.9. The third-order valence-electron chi connectivity index (χ3n) is 4.15. The largest absolute Gasteiger partial charge is 0.483 e. The van der Waals surface area contributed by atoms with E-state index in [4.69, 9.17) is 9.15 Å². The van der Waals surface area contributed by atoms with Crippen molar-refractivity contribution in [2.75, 3.05) is 11.9 Å². The van der Waals surface area contributed by atoms with Crippen molar-refractivity contribution >= 4 is 33.4 Å². The molecule has 150 valence electrons. The number of para-hydroxylation sites is 1. The summed E-state index contributed by atoms with van der Waals surface area (Å²) in [5.41, 5.74) is 1.01. The predicted octanol–water partition coefficient (Wildman–Crippen LogP) is 4.86. The van der Waals surface area contributed by atoms with Crippen molar-refractivity contribution in [3.8, 4) is 5.75 Å². The number of benzene rings is 2. The molecule has 0 radical (unpaired) electrons. The van der Waals surface area contributed by atoms with Gasteiger partial charge < -0.3 is 19.8 Å². The molecule has 7 heteroatoms. The second-order valence-corrected chi connectivity index (χ2v) is 7.40. The molecule has 0 saturated carbocycles. The molecule has 0 saturated heterocycles. The maximum Gasteiger partial charge on any atom is 0.262 e. The highest BCUT2D eigenvalue weighted by Gasteiger charge is 2.18. The zero-order chi connectivity index (χ0) is 20.8. The number of nitrogens with one attached hydrogen (secondary N) is 2. The topological polar surface area (TPSA) is 80.6 Å². The first-order chi connectivity index (χ1) is 13.9. The zero-order valence-corrected chi connectivity index (χ0v) is 17.7. The van der Waals surface area contributed by atoms with Gasteiger partial charge >= 0.3 is 0 Å². The lowest BCUT2D eigenvalue weighted by Gasteiger charge is -2.14. The average Bonchev–Trinajstić information content (AvgIpc) is 3.15. The number of anilines is 1. The van der Waals surface area contributed by atoms with Crippen LogP contribution in [-0.4, -0.2) is 18.4 Å². The molecular formula is C22H21BrN2O4. The van der Waals surface area contributed by atoms with Gasteiger partial charge in [-0.2, -0.15) is 0 Å². The number of ether oxygens (including phenoxy) is 1. The number of carbonyl (C=O) groups excluding carboxylic acids is 2. The molecule has 1 aromatic heterocycles. The first-order valence-corrected chi connectivity index (χ1v) is 9.86. The van der Waals surface area contributed by atoms with E-state index in [0.717, 1.165) is 10.2 Å². The van der Waals surface area contributed by atoms with Crippen LogP contribution in [0.1, 0.15) is 34.8 Å². The van der Waals surface area contributed by atoms with Crippen molar-refractivity contribution in [1.82, 2.24) is 5.32 Å². The molecule has 2 amide bonds. The molecule has 0 bridgehead atoms. The monoisotopic (exact) mass is 456 g/mol. The van der Waals surface area contributed by atoms with E-state index in [1.807, 2.05) is 38.1 Å². The summed E-state index contributed by atoms with van der Waals surface area (Å²) in [6.45, 7) is 3.47. The third-order valence-corrected chi connectivity index (χ3v) is 4.68. The third kappa shape index (κ3) is 5.71. The molecular weight excluding hydrogens is 436 g/mol. The number of carbonyl (C=O) groups is 2. The van der Waals surface area contributed by atoms with Crippen molar-refractivity contribution in [2.45, 2.75) is 19.9 Å². The summed E-state index contributed by atoms with van der Waals surface area (Å²) in [4.78, 5) is 24.8. The Kier molecular flexibility index (Phi) is 6.72. The average molecular weight is 457 g/mol. The fourth-order valence-corrected chi connectivity index (χ4v) is 2.95. The minimum absolute atomic E-state index is 0.215. The number of furan rings is 1. The molecule has 0 aliphatic heterocycles. The molecule has 1 unspecified atom stereocenters. The van der Waals surface area contributed by atoms with E-state index in [1.54, 1.807) is 36.4 Å². The number of hydrogen-bond donors (Lipinski definition) is 2. The van der Waals surface area contributed by atoms with Crippen molar-refractivity contribution < 1.29 is 18.7 Å². The van der Waals surface area contributed by atoms with Crippen LogP contribution in [0, 0.1) is 6.92 Å². The summed E-state index contributed by atoms with van der Waals surface area (Å²) in [5, 5.41) is 5.63. The second kappa shape index (κ2) is 9.43. The molecule has 0 fully saturated rings. The van der Waals surface area contributed by atoms with Crippen LogP contribution < -0.4 is 15.4 Å². The van der Waals surface area contributed by atoms with Gasteiger partial charge in [0.05, 0.1) is 11.6 Å². The Bertz CT molecular complexity index is 998. The summed E-state index contributed by atoms with van der Waals surface area (Å²) in [7, 11) is 0. The van der Waals surface area contributed by atoms with Gasteiger partial charge in [0.15, 0.2) is 6.61 Å². The molecule has 6 nitrogen and oxygen atoms in total. The van der Waals surface area contributed by atoms with Crippen LogP contribution >= 0.6 is 15.9 Å². The summed E-state index contributed by atoms with van der Waals surface area (Å²) in [6, 6.07) is 17.4. The van der Waals surface area contributed by atoms with Gasteiger partial charge in [0.2, 0.25) is 0 Å². The van der Waals surface area contributed by atoms with E-state index in [1.165, 1.54) is 0 Å². The van der Waals surface area contributed by atoms with Crippen LogP contribution in [0.2, 0.25) is 0 Å². The first-order valence-electron chi connectivity index (χ1n) is 9.07. The molecule has 0 aliphatic carbocycles. The Morgan fingerprint density at radius 2 is 1.79 bits per heavy atom. The van der Waals surface area contributed by atoms with Crippen molar-refractivity contribution in [2.24, 2.45) is 0 Å². The minimum atomic E-state index is -0.318. The summed E-state index contributed by atoms with van der Waals surface area (Å²) in [6.07, 6.45) is 0. The summed E-state index contributed by atoms with van der Waals surface area (Å²) >= 11 is 3.35. The standard InChI is InChI=1S/C22H21BrN2O4/c1-14-7-12-19(29-14)15(2)24-22(27)18-5-3-4-6-20(18)28-13-21(26)25-17-10-8-16(23)9-11-17/h3-12,15H,13H2,1-2H3,(H,24,27)(H,25,26). The van der Waals surface area contributed by atoms with Crippen LogP contribution in [0.3, 0.4) is 0 Å². The normalized spacial score (nSPS) is 11.6. The smallest absolute Gasteiger partial charge is 0.262 e. The van der Waals surface area contributed by atoms with E-state index >= 15 is 0 Å². The Hall–Kier alpha value is -3.06. The maximum absolute atomic E-state index is 12.7. The van der Waals surface area contributed by atoms with Gasteiger partial charge in [-0.25, -0.2) is 0 Å². The number of halogens is 1. The zero-order valence-electron chi connectivity index (χ0n) is 16.1. The lowest BCUT2D eigenvalue weighted by Crippen LogP contribution is -2.27. The SMILES string of the molecule is Cc1ccc(C(C)NC(=O)c2ccccc2OCC(=O)Nc2ccc(Br)cc2)o1. The first kappa shape index (κ1) is 20.7. The fraction of sp³-hybridized carbons (Fsp3) is 0.182. The van der Waals surface area contributed by atoms with E-state index in [2.05, 4.69) is 26.6 Å². The van der Waals surface area contributed by atoms with Gasteiger partial charge in [0.1, 0.15) is 17.3 Å². The summed E-state index contributed by atoms with van der Waals surface area (Å²) in [5.74, 6) is 1.15. The van der Waals surface area contributed by atoms with Gasteiger partial charge in [-0.1, -0.05) is 28.1 Å². The van der Waals surface area contributed by atoms with E-state index in [-0.39, 0.29) is 24.5 Å².